The Morgan fingerprint density at radius 3 is 2.10 bits per heavy atom. The Kier molecular flexibility index (Phi) is 11.6. The molecule has 5 nitrogen and oxygen atoms in total. The number of unbranched alkanes of at least 4 members (excludes halogenated alkanes) is 5. The van der Waals surface area contributed by atoms with Crippen molar-refractivity contribution in [1.82, 2.24) is 0 Å². The SMILES string of the molecule is CCCCCCCCc1ccc(OCCOCCOS(=O)(=O)c2ccc(C)cc2)cc1. The zero-order valence-electron chi connectivity index (χ0n) is 18.8. The summed E-state index contributed by atoms with van der Waals surface area (Å²) >= 11 is 0. The number of ether oxygens (including phenoxy) is 2. The van der Waals surface area contributed by atoms with E-state index in [9.17, 15) is 8.42 Å². The lowest BCUT2D eigenvalue weighted by atomic mass is 10.0. The topological polar surface area (TPSA) is 61.8 Å². The summed E-state index contributed by atoms with van der Waals surface area (Å²) in [5.74, 6) is 0.813. The Bertz CT molecular complexity index is 829. The molecular weight excluding hydrogens is 412 g/mol. The van der Waals surface area contributed by atoms with Gasteiger partial charge in [0.15, 0.2) is 0 Å². The second-order valence-electron chi connectivity index (χ2n) is 7.71. The van der Waals surface area contributed by atoms with Crippen LogP contribution in [0.5, 0.6) is 5.75 Å². The first-order valence-electron chi connectivity index (χ1n) is 11.3. The molecule has 6 heteroatoms. The van der Waals surface area contributed by atoms with E-state index in [1.165, 1.54) is 56.2 Å². The Balaban J connectivity index is 1.54. The van der Waals surface area contributed by atoms with Crippen LogP contribution in [0.25, 0.3) is 0 Å². The van der Waals surface area contributed by atoms with Gasteiger partial charge in [0, 0.05) is 0 Å². The van der Waals surface area contributed by atoms with Crippen LogP contribution in [0.3, 0.4) is 0 Å². The molecule has 0 N–H and O–H groups in total. The minimum atomic E-state index is -3.74. The first-order valence-corrected chi connectivity index (χ1v) is 12.7. The van der Waals surface area contributed by atoms with Gasteiger partial charge in [-0.3, -0.25) is 4.18 Å². The van der Waals surface area contributed by atoms with Gasteiger partial charge in [0.2, 0.25) is 0 Å². The van der Waals surface area contributed by atoms with Crippen LogP contribution in [-0.2, 0) is 25.5 Å². The van der Waals surface area contributed by atoms with Gasteiger partial charge >= 0.3 is 0 Å². The van der Waals surface area contributed by atoms with Crippen LogP contribution in [0.2, 0.25) is 0 Å². The maximum Gasteiger partial charge on any atom is 0.297 e. The molecular formula is C25H36O5S. The van der Waals surface area contributed by atoms with Gasteiger partial charge in [0.05, 0.1) is 24.7 Å². The third-order valence-electron chi connectivity index (χ3n) is 5.01. The fourth-order valence-corrected chi connectivity index (χ4v) is 4.05. The quantitative estimate of drug-likeness (QED) is 0.243. The lowest BCUT2D eigenvalue weighted by Gasteiger charge is -2.09. The zero-order valence-corrected chi connectivity index (χ0v) is 19.7. The average molecular weight is 449 g/mol. The second kappa shape index (κ2) is 14.2. The summed E-state index contributed by atoms with van der Waals surface area (Å²) in [5.41, 5.74) is 2.33. The highest BCUT2D eigenvalue weighted by Crippen LogP contribution is 2.15. The Morgan fingerprint density at radius 1 is 0.742 bits per heavy atom. The maximum atomic E-state index is 12.1. The van der Waals surface area contributed by atoms with Crippen molar-refractivity contribution in [2.45, 2.75) is 63.7 Å². The first-order chi connectivity index (χ1) is 15.0. The first kappa shape index (κ1) is 25.4. The molecule has 0 saturated carbocycles. The molecule has 172 valence electrons. The van der Waals surface area contributed by atoms with Gasteiger partial charge in [-0.1, -0.05) is 68.9 Å². The normalized spacial score (nSPS) is 11.5. The number of hydrogen-bond acceptors (Lipinski definition) is 5. The highest BCUT2D eigenvalue weighted by molar-refractivity contribution is 7.86. The van der Waals surface area contributed by atoms with Gasteiger partial charge < -0.3 is 9.47 Å². The number of rotatable bonds is 16. The summed E-state index contributed by atoms with van der Waals surface area (Å²) in [7, 11) is -3.74. The number of aryl methyl sites for hydroxylation is 2. The summed E-state index contributed by atoms with van der Waals surface area (Å²) in [5, 5.41) is 0. The summed E-state index contributed by atoms with van der Waals surface area (Å²) in [6.07, 6.45) is 8.95. The number of benzene rings is 2. The van der Waals surface area contributed by atoms with Gasteiger partial charge in [-0.05, 0) is 49.6 Å². The van der Waals surface area contributed by atoms with Crippen molar-refractivity contribution < 1.29 is 22.1 Å². The predicted octanol–water partition coefficient (Wildman–Crippen LogP) is 5.70. The Labute approximate surface area is 187 Å². The van der Waals surface area contributed by atoms with E-state index in [1.807, 2.05) is 19.1 Å². The molecule has 0 unspecified atom stereocenters. The molecule has 0 radical (unpaired) electrons. The van der Waals surface area contributed by atoms with E-state index in [4.69, 9.17) is 13.7 Å². The monoisotopic (exact) mass is 448 g/mol. The Hall–Kier alpha value is -1.89. The largest absolute Gasteiger partial charge is 0.491 e. The van der Waals surface area contributed by atoms with Crippen LogP contribution in [-0.4, -0.2) is 34.8 Å². The Morgan fingerprint density at radius 2 is 1.39 bits per heavy atom. The van der Waals surface area contributed by atoms with Crippen LogP contribution < -0.4 is 4.74 Å². The van der Waals surface area contributed by atoms with Crippen molar-refractivity contribution in [2.24, 2.45) is 0 Å². The molecule has 2 rings (SSSR count). The number of hydrogen-bond donors (Lipinski definition) is 0. The molecule has 2 aromatic rings. The van der Waals surface area contributed by atoms with E-state index >= 15 is 0 Å². The van der Waals surface area contributed by atoms with Crippen LogP contribution in [0, 0.1) is 6.92 Å². The summed E-state index contributed by atoms with van der Waals surface area (Å²) in [4.78, 5) is 0.154. The van der Waals surface area contributed by atoms with Crippen molar-refractivity contribution in [3.63, 3.8) is 0 Å². The fourth-order valence-electron chi connectivity index (χ4n) is 3.16. The van der Waals surface area contributed by atoms with Gasteiger partial charge in [0.25, 0.3) is 10.1 Å². The molecule has 0 amide bonds. The minimum Gasteiger partial charge on any atom is -0.491 e. The lowest BCUT2D eigenvalue weighted by molar-refractivity contribution is 0.0779. The van der Waals surface area contributed by atoms with Gasteiger partial charge in [-0.25, -0.2) is 0 Å². The standard InChI is InChI=1S/C25H36O5S/c1-3-4-5-6-7-8-9-23-12-14-24(15-13-23)29-20-18-28-19-21-30-31(26,27)25-16-10-22(2)11-17-25/h10-17H,3-9,18-21H2,1-2H3. The molecule has 0 aromatic heterocycles. The zero-order chi connectivity index (χ0) is 22.4. The predicted molar refractivity (Wildman–Crippen MR) is 124 cm³/mol. The van der Waals surface area contributed by atoms with Crippen LogP contribution in [0.1, 0.15) is 56.6 Å². The highest BCUT2D eigenvalue weighted by Gasteiger charge is 2.14. The summed E-state index contributed by atoms with van der Waals surface area (Å²) in [6.45, 7) is 5.08. The lowest BCUT2D eigenvalue weighted by Crippen LogP contribution is -2.14. The van der Waals surface area contributed by atoms with E-state index in [0.717, 1.165) is 17.7 Å². The van der Waals surface area contributed by atoms with E-state index < -0.39 is 10.1 Å². The van der Waals surface area contributed by atoms with Gasteiger partial charge in [-0.2, -0.15) is 8.42 Å². The summed E-state index contributed by atoms with van der Waals surface area (Å²) in [6, 6.07) is 14.8. The molecule has 31 heavy (non-hydrogen) atoms. The van der Waals surface area contributed by atoms with Crippen molar-refractivity contribution in [2.75, 3.05) is 26.4 Å². The molecule has 0 atom stereocenters. The molecule has 0 aliphatic carbocycles. The van der Waals surface area contributed by atoms with Crippen molar-refractivity contribution in [3.05, 3.63) is 59.7 Å². The fraction of sp³-hybridized carbons (Fsp3) is 0.520. The van der Waals surface area contributed by atoms with Crippen LogP contribution in [0.15, 0.2) is 53.4 Å². The maximum absolute atomic E-state index is 12.1. The average Bonchev–Trinajstić information content (AvgIpc) is 2.76. The molecule has 0 spiro atoms. The molecule has 0 bridgehead atoms. The third kappa shape index (κ3) is 10.3. The third-order valence-corrected chi connectivity index (χ3v) is 6.34. The molecule has 0 saturated heterocycles. The van der Waals surface area contributed by atoms with E-state index in [1.54, 1.807) is 12.1 Å². The highest BCUT2D eigenvalue weighted by atomic mass is 32.2. The van der Waals surface area contributed by atoms with Crippen molar-refractivity contribution in [1.29, 1.82) is 0 Å². The molecule has 0 heterocycles. The molecule has 0 aliphatic rings. The van der Waals surface area contributed by atoms with E-state index in [2.05, 4.69) is 19.1 Å². The molecule has 2 aromatic carbocycles. The van der Waals surface area contributed by atoms with Crippen molar-refractivity contribution in [3.8, 4) is 5.75 Å². The second-order valence-corrected chi connectivity index (χ2v) is 9.33. The van der Waals surface area contributed by atoms with Crippen molar-refractivity contribution >= 4 is 10.1 Å². The van der Waals surface area contributed by atoms with E-state index in [0.29, 0.717) is 13.2 Å². The van der Waals surface area contributed by atoms with Gasteiger partial charge in [-0.15, -0.1) is 0 Å². The van der Waals surface area contributed by atoms with Gasteiger partial charge in [0.1, 0.15) is 12.4 Å². The van der Waals surface area contributed by atoms with Crippen LogP contribution >= 0.6 is 0 Å². The molecule has 0 fully saturated rings. The van der Waals surface area contributed by atoms with Crippen LogP contribution in [0.4, 0.5) is 0 Å². The molecule has 0 aliphatic heterocycles. The smallest absolute Gasteiger partial charge is 0.297 e. The van der Waals surface area contributed by atoms with E-state index in [-0.39, 0.29) is 18.1 Å². The summed E-state index contributed by atoms with van der Waals surface area (Å²) < 4.78 is 40.2. The minimum absolute atomic E-state index is 0.0245.